The van der Waals surface area contributed by atoms with Gasteiger partial charge in [0.15, 0.2) is 5.79 Å². The maximum Gasteiger partial charge on any atom is 0.168 e. The molecule has 0 aromatic heterocycles. The zero-order valence-corrected chi connectivity index (χ0v) is 10.0. The van der Waals surface area contributed by atoms with Crippen molar-refractivity contribution in [1.82, 2.24) is 0 Å². The van der Waals surface area contributed by atoms with Crippen LogP contribution in [0.3, 0.4) is 0 Å². The molecule has 0 radical (unpaired) electrons. The molecule has 1 saturated heterocycles. The van der Waals surface area contributed by atoms with Gasteiger partial charge in [0.1, 0.15) is 0 Å². The number of hydrogen-bond donors (Lipinski definition) is 0. The molecule has 1 aliphatic heterocycles. The highest BCUT2D eigenvalue weighted by molar-refractivity contribution is 4.78. The van der Waals surface area contributed by atoms with E-state index >= 15 is 0 Å². The van der Waals surface area contributed by atoms with Gasteiger partial charge in [0.05, 0.1) is 12.2 Å². The molecule has 0 spiro atoms. The number of ether oxygens (including phenoxy) is 2. The van der Waals surface area contributed by atoms with Crippen LogP contribution in [-0.2, 0) is 9.47 Å². The summed E-state index contributed by atoms with van der Waals surface area (Å²) >= 11 is 0. The molecular weight excluding hydrogens is 176 g/mol. The highest BCUT2D eigenvalue weighted by Crippen LogP contribution is 2.34. The predicted molar refractivity (Wildman–Crippen MR) is 58.3 cm³/mol. The van der Waals surface area contributed by atoms with E-state index in [0.29, 0.717) is 12.2 Å². The highest BCUT2D eigenvalue weighted by atomic mass is 16.7. The van der Waals surface area contributed by atoms with Crippen LogP contribution in [0, 0.1) is 0 Å². The summed E-state index contributed by atoms with van der Waals surface area (Å²) < 4.78 is 12.0. The first kappa shape index (κ1) is 12.0. The fourth-order valence-electron chi connectivity index (χ4n) is 2.45. The lowest BCUT2D eigenvalue weighted by atomic mass is 10.0. The molecule has 14 heavy (non-hydrogen) atoms. The van der Waals surface area contributed by atoms with E-state index in [1.807, 2.05) is 0 Å². The van der Waals surface area contributed by atoms with E-state index in [2.05, 4.69) is 27.7 Å². The van der Waals surface area contributed by atoms with Crippen LogP contribution in [0.1, 0.15) is 59.8 Å². The lowest BCUT2D eigenvalue weighted by Gasteiger charge is -2.43. The molecule has 0 bridgehead atoms. The predicted octanol–water partition coefficient (Wildman–Crippen LogP) is 3.50. The van der Waals surface area contributed by atoms with E-state index in [1.165, 1.54) is 0 Å². The second kappa shape index (κ2) is 5.13. The third kappa shape index (κ3) is 2.96. The Kier molecular flexibility index (Phi) is 4.39. The normalized spacial score (nSPS) is 31.7. The first-order chi connectivity index (χ1) is 6.62. The Hall–Kier alpha value is -0.0800. The van der Waals surface area contributed by atoms with Gasteiger partial charge in [0, 0.05) is 12.8 Å². The van der Waals surface area contributed by atoms with E-state index in [4.69, 9.17) is 9.47 Å². The Morgan fingerprint density at radius 3 is 1.79 bits per heavy atom. The van der Waals surface area contributed by atoms with Crippen LogP contribution in [0.4, 0.5) is 0 Å². The second-order valence-electron chi connectivity index (χ2n) is 4.50. The molecule has 0 aromatic carbocycles. The van der Waals surface area contributed by atoms with E-state index in [-0.39, 0.29) is 5.79 Å². The maximum atomic E-state index is 6.00. The van der Waals surface area contributed by atoms with Crippen molar-refractivity contribution in [3.63, 3.8) is 0 Å². The molecule has 2 nitrogen and oxygen atoms in total. The van der Waals surface area contributed by atoms with Gasteiger partial charge < -0.3 is 9.47 Å². The summed E-state index contributed by atoms with van der Waals surface area (Å²) in [7, 11) is 0. The molecule has 2 unspecified atom stereocenters. The van der Waals surface area contributed by atoms with Gasteiger partial charge in [-0.2, -0.15) is 0 Å². The summed E-state index contributed by atoms with van der Waals surface area (Å²) in [6, 6.07) is 0. The van der Waals surface area contributed by atoms with Crippen LogP contribution < -0.4 is 0 Å². The summed E-state index contributed by atoms with van der Waals surface area (Å²) in [5.74, 6) is -0.277. The summed E-state index contributed by atoms with van der Waals surface area (Å²) in [5.41, 5.74) is 0. The van der Waals surface area contributed by atoms with Crippen molar-refractivity contribution >= 4 is 0 Å². The van der Waals surface area contributed by atoms with E-state index in [1.54, 1.807) is 0 Å². The van der Waals surface area contributed by atoms with Gasteiger partial charge in [-0.25, -0.2) is 0 Å². The molecule has 0 aromatic rings. The monoisotopic (exact) mass is 200 g/mol. The van der Waals surface area contributed by atoms with Crippen LogP contribution in [0.2, 0.25) is 0 Å². The van der Waals surface area contributed by atoms with Crippen molar-refractivity contribution in [3.05, 3.63) is 0 Å². The van der Waals surface area contributed by atoms with Gasteiger partial charge in [0.25, 0.3) is 0 Å². The van der Waals surface area contributed by atoms with Gasteiger partial charge in [-0.15, -0.1) is 0 Å². The largest absolute Gasteiger partial charge is 0.347 e. The Morgan fingerprint density at radius 2 is 1.43 bits per heavy atom. The van der Waals surface area contributed by atoms with Crippen LogP contribution in [0.25, 0.3) is 0 Å². The van der Waals surface area contributed by atoms with Crippen LogP contribution in [0.5, 0.6) is 0 Å². The second-order valence-corrected chi connectivity index (χ2v) is 4.50. The number of hydrogen-bond acceptors (Lipinski definition) is 2. The molecule has 0 amide bonds. The third-order valence-corrected chi connectivity index (χ3v) is 2.76. The zero-order chi connectivity index (χ0) is 10.6. The Bertz CT molecular complexity index is 150. The van der Waals surface area contributed by atoms with E-state index in [9.17, 15) is 0 Å². The molecule has 2 atom stereocenters. The van der Waals surface area contributed by atoms with Crippen LogP contribution in [-0.4, -0.2) is 18.0 Å². The Morgan fingerprint density at radius 1 is 1.00 bits per heavy atom. The van der Waals surface area contributed by atoms with Crippen molar-refractivity contribution in [2.45, 2.75) is 77.8 Å². The topological polar surface area (TPSA) is 18.5 Å². The molecule has 1 fully saturated rings. The van der Waals surface area contributed by atoms with Gasteiger partial charge in [0.2, 0.25) is 0 Å². The van der Waals surface area contributed by atoms with Gasteiger partial charge in [-0.1, -0.05) is 26.7 Å². The van der Waals surface area contributed by atoms with Gasteiger partial charge in [-0.3, -0.25) is 0 Å². The molecule has 1 rings (SSSR count). The fraction of sp³-hybridized carbons (Fsp3) is 1.00. The van der Waals surface area contributed by atoms with Crippen molar-refractivity contribution in [1.29, 1.82) is 0 Å². The summed E-state index contributed by atoms with van der Waals surface area (Å²) in [4.78, 5) is 0. The first-order valence-corrected chi connectivity index (χ1v) is 5.97. The SMILES string of the molecule is CCCC1(CCC)OC(C)CC(C)O1. The highest BCUT2D eigenvalue weighted by Gasteiger charge is 2.38. The van der Waals surface area contributed by atoms with E-state index in [0.717, 1.165) is 32.1 Å². The summed E-state index contributed by atoms with van der Waals surface area (Å²) in [5, 5.41) is 0. The third-order valence-electron chi connectivity index (χ3n) is 2.76. The molecular formula is C12H24O2. The van der Waals surface area contributed by atoms with Gasteiger partial charge >= 0.3 is 0 Å². The minimum absolute atomic E-state index is 0.277. The average Bonchev–Trinajstić information content (AvgIpc) is 2.02. The lowest BCUT2D eigenvalue weighted by Crippen LogP contribution is -2.46. The van der Waals surface area contributed by atoms with Crippen LogP contribution >= 0.6 is 0 Å². The first-order valence-electron chi connectivity index (χ1n) is 5.97. The smallest absolute Gasteiger partial charge is 0.168 e. The average molecular weight is 200 g/mol. The van der Waals surface area contributed by atoms with Crippen LogP contribution in [0.15, 0.2) is 0 Å². The fourth-order valence-corrected chi connectivity index (χ4v) is 2.45. The minimum atomic E-state index is -0.277. The summed E-state index contributed by atoms with van der Waals surface area (Å²) in [6.45, 7) is 8.68. The molecule has 0 aliphatic carbocycles. The maximum absolute atomic E-state index is 6.00. The Balaban J connectivity index is 2.63. The number of rotatable bonds is 4. The molecule has 2 heteroatoms. The zero-order valence-electron chi connectivity index (χ0n) is 10.0. The molecule has 0 saturated carbocycles. The van der Waals surface area contributed by atoms with Crippen molar-refractivity contribution < 1.29 is 9.47 Å². The molecule has 0 N–H and O–H groups in total. The minimum Gasteiger partial charge on any atom is -0.347 e. The lowest BCUT2D eigenvalue weighted by molar-refractivity contribution is -0.317. The quantitative estimate of drug-likeness (QED) is 0.691. The Labute approximate surface area is 88.0 Å². The van der Waals surface area contributed by atoms with Gasteiger partial charge in [-0.05, 0) is 20.3 Å². The molecule has 1 aliphatic rings. The molecule has 84 valence electrons. The van der Waals surface area contributed by atoms with Crippen molar-refractivity contribution in [2.24, 2.45) is 0 Å². The van der Waals surface area contributed by atoms with Crippen molar-refractivity contribution in [2.75, 3.05) is 0 Å². The van der Waals surface area contributed by atoms with Crippen molar-refractivity contribution in [3.8, 4) is 0 Å². The molecule has 1 heterocycles. The standard InChI is InChI=1S/C12H24O2/c1-5-7-12(8-6-2)13-10(3)9-11(4)14-12/h10-11H,5-9H2,1-4H3. The van der Waals surface area contributed by atoms with E-state index < -0.39 is 0 Å². The summed E-state index contributed by atoms with van der Waals surface area (Å²) in [6.07, 6.45) is 6.01.